The van der Waals surface area contributed by atoms with Crippen molar-refractivity contribution in [2.75, 3.05) is 32.9 Å². The van der Waals surface area contributed by atoms with Crippen LogP contribution in [0.2, 0.25) is 0 Å². The Balaban J connectivity index is 1.43. The minimum absolute atomic E-state index is 0.0107. The van der Waals surface area contributed by atoms with E-state index < -0.39 is 5.25 Å². The molecule has 170 valence electrons. The zero-order valence-electron chi connectivity index (χ0n) is 18.4. The van der Waals surface area contributed by atoms with Crippen molar-refractivity contribution in [2.24, 2.45) is 5.10 Å². The Labute approximate surface area is 191 Å². The third-order valence-corrected chi connectivity index (χ3v) is 5.57. The molecule has 0 bridgehead atoms. The zero-order chi connectivity index (χ0) is 22.9. The molecule has 1 unspecified atom stereocenters. The third-order valence-electron chi connectivity index (χ3n) is 4.61. The average Bonchev–Trinajstić information content (AvgIpc) is 2.78. The fourth-order valence-electron chi connectivity index (χ4n) is 2.92. The number of carbonyl (C=O) groups excluding carboxylic acids is 2. The summed E-state index contributed by atoms with van der Waals surface area (Å²) in [5.41, 5.74) is 5.05. The Hall–Kier alpha value is -2.98. The molecule has 0 saturated carbocycles. The SMILES string of the molecule is Cc1cc(C)nc(SC(C)C(=O)NN=Cc2ccc(OCC(=O)N3CCOCC3)cc2)n1. The van der Waals surface area contributed by atoms with Crippen LogP contribution in [0.1, 0.15) is 23.9 Å². The Morgan fingerprint density at radius 3 is 2.53 bits per heavy atom. The Morgan fingerprint density at radius 1 is 1.22 bits per heavy atom. The van der Waals surface area contributed by atoms with E-state index >= 15 is 0 Å². The van der Waals surface area contributed by atoms with E-state index in [0.29, 0.717) is 37.2 Å². The molecule has 10 heteroatoms. The molecule has 3 rings (SSSR count). The second-order valence-corrected chi connectivity index (χ2v) is 8.59. The molecular formula is C22H27N5O4S. The Bertz CT molecular complexity index is 941. The van der Waals surface area contributed by atoms with E-state index in [4.69, 9.17) is 9.47 Å². The van der Waals surface area contributed by atoms with Crippen LogP contribution in [0.4, 0.5) is 0 Å². The number of carbonyl (C=O) groups is 2. The lowest BCUT2D eigenvalue weighted by molar-refractivity contribution is -0.137. The van der Waals surface area contributed by atoms with Crippen molar-refractivity contribution in [1.29, 1.82) is 0 Å². The molecule has 1 aliphatic rings. The van der Waals surface area contributed by atoms with Crippen LogP contribution < -0.4 is 10.2 Å². The predicted molar refractivity (Wildman–Crippen MR) is 122 cm³/mol. The first kappa shape index (κ1) is 23.7. The lowest BCUT2D eigenvalue weighted by Gasteiger charge is -2.26. The minimum Gasteiger partial charge on any atom is -0.484 e. The monoisotopic (exact) mass is 457 g/mol. The average molecular weight is 458 g/mol. The number of rotatable bonds is 8. The number of thioether (sulfide) groups is 1. The summed E-state index contributed by atoms with van der Waals surface area (Å²) in [5, 5.41) is 4.18. The number of amides is 2. The van der Waals surface area contributed by atoms with Gasteiger partial charge in [0.15, 0.2) is 11.8 Å². The van der Waals surface area contributed by atoms with E-state index in [1.165, 1.54) is 11.8 Å². The maximum Gasteiger partial charge on any atom is 0.260 e. The number of nitrogens with zero attached hydrogens (tertiary/aromatic N) is 4. The van der Waals surface area contributed by atoms with Crippen LogP contribution >= 0.6 is 11.8 Å². The van der Waals surface area contributed by atoms with Crippen LogP contribution in [0, 0.1) is 13.8 Å². The second-order valence-electron chi connectivity index (χ2n) is 7.28. The topological polar surface area (TPSA) is 106 Å². The van der Waals surface area contributed by atoms with Crippen LogP contribution in [0.5, 0.6) is 5.75 Å². The fourth-order valence-corrected chi connectivity index (χ4v) is 3.79. The van der Waals surface area contributed by atoms with Gasteiger partial charge in [0, 0.05) is 24.5 Å². The molecule has 2 amide bonds. The number of nitrogens with one attached hydrogen (secondary N) is 1. The molecule has 32 heavy (non-hydrogen) atoms. The van der Waals surface area contributed by atoms with Crippen LogP contribution in [0.15, 0.2) is 40.6 Å². The molecule has 0 aliphatic carbocycles. The van der Waals surface area contributed by atoms with Crippen molar-refractivity contribution in [1.82, 2.24) is 20.3 Å². The molecule has 2 aromatic rings. The number of aryl methyl sites for hydroxylation is 2. The van der Waals surface area contributed by atoms with E-state index in [9.17, 15) is 9.59 Å². The number of aromatic nitrogens is 2. The van der Waals surface area contributed by atoms with Crippen LogP contribution in [-0.4, -0.2) is 71.1 Å². The zero-order valence-corrected chi connectivity index (χ0v) is 19.2. The number of hydrogen-bond donors (Lipinski definition) is 1. The van der Waals surface area contributed by atoms with Gasteiger partial charge in [-0.25, -0.2) is 15.4 Å². The summed E-state index contributed by atoms with van der Waals surface area (Å²) in [6.07, 6.45) is 1.55. The van der Waals surface area contributed by atoms with Gasteiger partial charge >= 0.3 is 0 Å². The minimum atomic E-state index is -0.395. The van der Waals surface area contributed by atoms with Crippen LogP contribution in [0.25, 0.3) is 0 Å². The quantitative estimate of drug-likeness (QED) is 0.280. The molecule has 1 atom stereocenters. The number of hydrogen-bond acceptors (Lipinski definition) is 8. The first-order valence-electron chi connectivity index (χ1n) is 10.3. The predicted octanol–water partition coefficient (Wildman–Crippen LogP) is 1.96. The third kappa shape index (κ3) is 7.31. The maximum absolute atomic E-state index is 12.3. The molecule has 0 spiro atoms. The first-order valence-corrected chi connectivity index (χ1v) is 11.2. The van der Waals surface area contributed by atoms with E-state index in [0.717, 1.165) is 17.0 Å². The summed E-state index contributed by atoms with van der Waals surface area (Å²) in [5.74, 6) is 0.293. The number of ether oxygens (including phenoxy) is 2. The van der Waals surface area contributed by atoms with Crippen molar-refractivity contribution in [3.63, 3.8) is 0 Å². The van der Waals surface area contributed by atoms with Crippen molar-refractivity contribution in [2.45, 2.75) is 31.2 Å². The molecule has 1 N–H and O–H groups in total. The smallest absolute Gasteiger partial charge is 0.260 e. The summed E-state index contributed by atoms with van der Waals surface area (Å²) in [7, 11) is 0. The van der Waals surface area contributed by atoms with Crippen LogP contribution in [-0.2, 0) is 14.3 Å². The van der Waals surface area contributed by atoms with Crippen molar-refractivity contribution in [3.05, 3.63) is 47.3 Å². The fraction of sp³-hybridized carbons (Fsp3) is 0.409. The summed E-state index contributed by atoms with van der Waals surface area (Å²) < 4.78 is 10.8. The van der Waals surface area contributed by atoms with Gasteiger partial charge in [-0.15, -0.1) is 0 Å². The van der Waals surface area contributed by atoms with Gasteiger partial charge in [0.25, 0.3) is 11.8 Å². The summed E-state index contributed by atoms with van der Waals surface area (Å²) >= 11 is 1.28. The number of benzene rings is 1. The summed E-state index contributed by atoms with van der Waals surface area (Å²) in [4.78, 5) is 34.8. The highest BCUT2D eigenvalue weighted by Crippen LogP contribution is 2.20. The Morgan fingerprint density at radius 2 is 1.88 bits per heavy atom. The molecule has 1 aromatic heterocycles. The van der Waals surface area contributed by atoms with Gasteiger partial charge < -0.3 is 14.4 Å². The van der Waals surface area contributed by atoms with Gasteiger partial charge in [0.05, 0.1) is 24.7 Å². The highest BCUT2D eigenvalue weighted by Gasteiger charge is 2.17. The normalized spacial score (nSPS) is 14.9. The molecular weight excluding hydrogens is 430 g/mol. The van der Waals surface area contributed by atoms with Gasteiger partial charge in [-0.1, -0.05) is 11.8 Å². The maximum atomic E-state index is 12.3. The highest BCUT2D eigenvalue weighted by molar-refractivity contribution is 8.00. The number of hydrazone groups is 1. The second kappa shape index (κ2) is 11.6. The molecule has 1 aliphatic heterocycles. The molecule has 9 nitrogen and oxygen atoms in total. The number of morpholine rings is 1. The van der Waals surface area contributed by atoms with Crippen molar-refractivity contribution < 1.29 is 19.1 Å². The Kier molecular flexibility index (Phi) is 8.57. The largest absolute Gasteiger partial charge is 0.484 e. The molecule has 0 radical (unpaired) electrons. The van der Waals surface area contributed by atoms with Crippen LogP contribution in [0.3, 0.4) is 0 Å². The van der Waals surface area contributed by atoms with Gasteiger partial charge in [0.1, 0.15) is 5.75 Å². The van der Waals surface area contributed by atoms with E-state index in [1.807, 2.05) is 19.9 Å². The molecule has 1 fully saturated rings. The van der Waals surface area contributed by atoms with Gasteiger partial charge in [-0.2, -0.15) is 5.10 Å². The summed E-state index contributed by atoms with van der Waals surface area (Å²) in [6, 6.07) is 8.99. The van der Waals surface area contributed by atoms with Gasteiger partial charge in [-0.3, -0.25) is 9.59 Å². The standard InChI is InChI=1S/C22H27N5O4S/c1-15-12-16(2)25-22(24-15)32-17(3)21(29)26-23-13-18-4-6-19(7-5-18)31-14-20(28)27-8-10-30-11-9-27/h4-7,12-13,17H,8-11,14H2,1-3H3,(H,26,29). The van der Waals surface area contributed by atoms with E-state index in [-0.39, 0.29) is 18.4 Å². The molecule has 2 heterocycles. The van der Waals surface area contributed by atoms with Crippen molar-refractivity contribution >= 4 is 29.8 Å². The van der Waals surface area contributed by atoms with Gasteiger partial charge in [-0.05, 0) is 56.7 Å². The van der Waals surface area contributed by atoms with Crippen molar-refractivity contribution in [3.8, 4) is 5.75 Å². The lowest BCUT2D eigenvalue weighted by Crippen LogP contribution is -2.42. The summed E-state index contributed by atoms with van der Waals surface area (Å²) in [6.45, 7) is 7.87. The van der Waals surface area contributed by atoms with E-state index in [1.54, 1.807) is 42.3 Å². The molecule has 1 aromatic carbocycles. The highest BCUT2D eigenvalue weighted by atomic mass is 32.2. The first-order chi connectivity index (χ1) is 15.4. The van der Waals surface area contributed by atoms with Gasteiger partial charge in [0.2, 0.25) is 0 Å². The molecule has 1 saturated heterocycles. The lowest BCUT2D eigenvalue weighted by atomic mass is 10.2. The van der Waals surface area contributed by atoms with E-state index in [2.05, 4.69) is 20.5 Å².